The van der Waals surface area contributed by atoms with Crippen LogP contribution in [0.2, 0.25) is 0 Å². The molecule has 1 aliphatic heterocycles. The van der Waals surface area contributed by atoms with Crippen LogP contribution in [0.5, 0.6) is 0 Å². The molecular weight excluding hydrogens is 230 g/mol. The van der Waals surface area contributed by atoms with Gasteiger partial charge in [-0.2, -0.15) is 0 Å². The van der Waals surface area contributed by atoms with Gasteiger partial charge in [-0.1, -0.05) is 6.07 Å². The van der Waals surface area contributed by atoms with E-state index in [1.807, 2.05) is 18.2 Å². The van der Waals surface area contributed by atoms with E-state index in [9.17, 15) is 4.79 Å². The number of ketones is 1. The molecule has 0 saturated carbocycles. The van der Waals surface area contributed by atoms with Crippen molar-refractivity contribution in [2.75, 3.05) is 10.6 Å². The first-order valence-corrected chi connectivity index (χ1v) is 5.68. The maximum atomic E-state index is 11.5. The number of aliphatic hydroxyl groups excluding tert-OH is 1. The molecule has 2 aliphatic rings. The number of benzene rings is 1. The van der Waals surface area contributed by atoms with Gasteiger partial charge < -0.3 is 21.5 Å². The van der Waals surface area contributed by atoms with Crippen LogP contribution in [0.1, 0.15) is 5.56 Å². The van der Waals surface area contributed by atoms with Crippen LogP contribution in [0.3, 0.4) is 0 Å². The number of nitrogens with one attached hydrogen (secondary N) is 2. The molecule has 1 atom stereocenters. The van der Waals surface area contributed by atoms with Crippen LogP contribution in [0.25, 0.3) is 0 Å². The highest BCUT2D eigenvalue weighted by molar-refractivity contribution is 6.00. The minimum atomic E-state index is -0.597. The Morgan fingerprint density at radius 3 is 2.78 bits per heavy atom. The van der Waals surface area contributed by atoms with Gasteiger partial charge in [0.2, 0.25) is 0 Å². The Morgan fingerprint density at radius 1 is 1.22 bits per heavy atom. The molecule has 1 aliphatic carbocycles. The van der Waals surface area contributed by atoms with Crippen molar-refractivity contribution < 1.29 is 9.90 Å². The molecule has 0 bridgehead atoms. The maximum absolute atomic E-state index is 11.5. The van der Waals surface area contributed by atoms with Crippen LogP contribution in [0, 0.1) is 0 Å². The molecule has 1 heterocycles. The highest BCUT2D eigenvalue weighted by atomic mass is 16.3. The zero-order valence-corrected chi connectivity index (χ0v) is 9.60. The van der Waals surface area contributed by atoms with Gasteiger partial charge in [0.15, 0.2) is 5.78 Å². The highest BCUT2D eigenvalue weighted by Crippen LogP contribution is 2.34. The quantitative estimate of drug-likeness (QED) is 0.583. The summed E-state index contributed by atoms with van der Waals surface area (Å²) < 4.78 is 0. The summed E-state index contributed by atoms with van der Waals surface area (Å²) in [5, 5.41) is 15.5. The Balaban J connectivity index is 2.02. The molecule has 5 N–H and O–H groups in total. The summed E-state index contributed by atoms with van der Waals surface area (Å²) in [6.45, 7) is -0.00525. The number of nitrogens with two attached hydrogens (primary N) is 1. The average Bonchev–Trinajstić information content (AvgIpc) is 2.37. The van der Waals surface area contributed by atoms with Crippen molar-refractivity contribution in [2.45, 2.75) is 12.6 Å². The molecule has 0 spiro atoms. The Hall–Kier alpha value is -2.11. The minimum absolute atomic E-state index is 0.00525. The number of hydrogen-bond acceptors (Lipinski definition) is 5. The third-order valence-electron chi connectivity index (χ3n) is 3.06. The zero-order chi connectivity index (χ0) is 12.7. The smallest absolute Gasteiger partial charge is 0.178 e. The van der Waals surface area contributed by atoms with E-state index in [2.05, 4.69) is 10.6 Å². The molecule has 1 aromatic carbocycles. The van der Waals surface area contributed by atoms with Gasteiger partial charge in [-0.25, -0.2) is 0 Å². The average molecular weight is 243 g/mol. The summed E-state index contributed by atoms with van der Waals surface area (Å²) in [6, 6.07) is 4.96. The lowest BCUT2D eigenvalue weighted by atomic mass is 10.0. The predicted octanol–water partition coefficient (Wildman–Crippen LogP) is 0.694. The van der Waals surface area contributed by atoms with Gasteiger partial charge in [0.25, 0.3) is 0 Å². The van der Waals surface area contributed by atoms with Crippen molar-refractivity contribution in [2.24, 2.45) is 5.73 Å². The van der Waals surface area contributed by atoms with Crippen LogP contribution in [-0.2, 0) is 11.4 Å². The molecule has 1 aromatic rings. The molecule has 0 amide bonds. The normalized spacial score (nSPS) is 21.0. The molecule has 3 rings (SSSR count). The van der Waals surface area contributed by atoms with Gasteiger partial charge in [-0.3, -0.25) is 4.79 Å². The molecule has 0 radical (unpaired) electrons. The zero-order valence-electron chi connectivity index (χ0n) is 9.60. The van der Waals surface area contributed by atoms with Crippen LogP contribution in [-0.4, -0.2) is 16.9 Å². The van der Waals surface area contributed by atoms with E-state index in [-0.39, 0.29) is 12.4 Å². The molecular formula is C13H13N3O2. The summed E-state index contributed by atoms with van der Waals surface area (Å²) in [7, 11) is 0. The monoisotopic (exact) mass is 243 g/mol. The number of anilines is 2. The summed E-state index contributed by atoms with van der Waals surface area (Å²) in [5.41, 5.74) is 9.77. The molecule has 0 fully saturated rings. The predicted molar refractivity (Wildman–Crippen MR) is 68.8 cm³/mol. The van der Waals surface area contributed by atoms with E-state index in [4.69, 9.17) is 10.8 Å². The van der Waals surface area contributed by atoms with Crippen molar-refractivity contribution in [1.29, 1.82) is 0 Å². The summed E-state index contributed by atoms with van der Waals surface area (Å²) in [6.07, 6.45) is 3.20. The van der Waals surface area contributed by atoms with E-state index >= 15 is 0 Å². The Labute approximate surface area is 104 Å². The summed E-state index contributed by atoms with van der Waals surface area (Å²) >= 11 is 0. The number of carbonyl (C=O) groups is 1. The van der Waals surface area contributed by atoms with E-state index in [1.165, 1.54) is 6.08 Å². The first kappa shape index (κ1) is 11.0. The topological polar surface area (TPSA) is 87.4 Å². The van der Waals surface area contributed by atoms with E-state index in [1.54, 1.807) is 6.08 Å². The van der Waals surface area contributed by atoms with Gasteiger partial charge in [0, 0.05) is 6.08 Å². The molecule has 18 heavy (non-hydrogen) atoms. The van der Waals surface area contributed by atoms with Crippen molar-refractivity contribution in [3.8, 4) is 0 Å². The number of rotatable bonds is 1. The lowest BCUT2D eigenvalue weighted by molar-refractivity contribution is -0.115. The number of fused-ring (bicyclic) bond motifs is 2. The summed E-state index contributed by atoms with van der Waals surface area (Å²) in [5.74, 6) is -0.113. The Morgan fingerprint density at radius 2 is 2.00 bits per heavy atom. The minimum Gasteiger partial charge on any atom is -0.392 e. The van der Waals surface area contributed by atoms with Gasteiger partial charge in [0.1, 0.15) is 0 Å². The third kappa shape index (κ3) is 1.70. The van der Waals surface area contributed by atoms with E-state index < -0.39 is 6.04 Å². The second-order valence-corrected chi connectivity index (χ2v) is 4.35. The van der Waals surface area contributed by atoms with Crippen LogP contribution in [0.4, 0.5) is 11.4 Å². The third-order valence-corrected chi connectivity index (χ3v) is 3.06. The largest absolute Gasteiger partial charge is 0.392 e. The second kappa shape index (κ2) is 3.97. The van der Waals surface area contributed by atoms with E-state index in [0.29, 0.717) is 0 Å². The van der Waals surface area contributed by atoms with Crippen molar-refractivity contribution in [3.63, 3.8) is 0 Å². The first-order chi connectivity index (χ1) is 8.67. The lowest BCUT2D eigenvalue weighted by Crippen LogP contribution is -2.33. The highest BCUT2D eigenvalue weighted by Gasteiger charge is 2.24. The molecule has 0 saturated heterocycles. The molecule has 5 nitrogen and oxygen atoms in total. The fourth-order valence-corrected chi connectivity index (χ4v) is 2.07. The van der Waals surface area contributed by atoms with Crippen LogP contribution < -0.4 is 16.4 Å². The molecule has 1 unspecified atom stereocenters. The van der Waals surface area contributed by atoms with Gasteiger partial charge in [-0.05, 0) is 23.8 Å². The second-order valence-electron chi connectivity index (χ2n) is 4.35. The lowest BCUT2D eigenvalue weighted by Gasteiger charge is -2.28. The van der Waals surface area contributed by atoms with E-state index in [0.717, 1.165) is 28.3 Å². The van der Waals surface area contributed by atoms with Gasteiger partial charge in [0.05, 0.1) is 35.4 Å². The van der Waals surface area contributed by atoms with Gasteiger partial charge in [-0.15, -0.1) is 0 Å². The van der Waals surface area contributed by atoms with Crippen molar-refractivity contribution in [3.05, 3.63) is 47.3 Å². The number of hydrogen-bond donors (Lipinski definition) is 4. The Kier molecular flexibility index (Phi) is 2.43. The first-order valence-electron chi connectivity index (χ1n) is 5.68. The van der Waals surface area contributed by atoms with Crippen LogP contribution >= 0.6 is 0 Å². The number of carbonyl (C=O) groups excluding carboxylic acids is 1. The molecule has 0 aromatic heterocycles. The van der Waals surface area contributed by atoms with Crippen LogP contribution in [0.15, 0.2) is 41.7 Å². The van der Waals surface area contributed by atoms with Crippen molar-refractivity contribution in [1.82, 2.24) is 0 Å². The maximum Gasteiger partial charge on any atom is 0.178 e. The standard InChI is InChI=1S/C13H13N3O2/c14-8-4-11-12(5-13(8)18)15-9-2-1-7(6-17)3-10(9)16-11/h1-5,8,15-17H,6,14H2. The summed E-state index contributed by atoms with van der Waals surface area (Å²) in [4.78, 5) is 11.5. The Bertz CT molecular complexity index is 590. The molecule has 92 valence electrons. The fraction of sp³-hybridized carbons (Fsp3) is 0.154. The number of aliphatic hydroxyl groups is 1. The SMILES string of the molecule is NC1C=C2Nc3cc(CO)ccc3NC2=CC1=O. The molecule has 5 heteroatoms. The van der Waals surface area contributed by atoms with Crippen molar-refractivity contribution >= 4 is 17.2 Å². The van der Waals surface area contributed by atoms with Gasteiger partial charge >= 0.3 is 0 Å². The fourth-order valence-electron chi connectivity index (χ4n) is 2.07.